The highest BCUT2D eigenvalue weighted by atomic mass is 16.5. The van der Waals surface area contributed by atoms with E-state index in [-0.39, 0.29) is 47.6 Å². The summed E-state index contributed by atoms with van der Waals surface area (Å²) < 4.78 is 10.6. The van der Waals surface area contributed by atoms with E-state index in [1.165, 1.54) is 19.6 Å². The van der Waals surface area contributed by atoms with Gasteiger partial charge in [0.25, 0.3) is 0 Å². The number of esters is 1. The Labute approximate surface area is 306 Å². The zero-order valence-electron chi connectivity index (χ0n) is 30.7. The molecule has 4 unspecified atom stereocenters. The second kappa shape index (κ2) is 15.7. The molecule has 53 heavy (non-hydrogen) atoms. The summed E-state index contributed by atoms with van der Waals surface area (Å²) in [4.78, 5) is 83.8. The van der Waals surface area contributed by atoms with Crippen LogP contribution >= 0.6 is 0 Å². The maximum atomic E-state index is 13.6. The van der Waals surface area contributed by atoms with Gasteiger partial charge in [0.1, 0.15) is 30.0 Å². The number of fused-ring (bicyclic) bond motifs is 1. The van der Waals surface area contributed by atoms with Gasteiger partial charge in [-0.15, -0.1) is 0 Å². The van der Waals surface area contributed by atoms with E-state index >= 15 is 0 Å². The maximum Gasteiger partial charge on any atom is 0.306 e. The number of nitrogens with one attached hydrogen (secondary N) is 3. The molecule has 0 spiro atoms. The van der Waals surface area contributed by atoms with Crippen molar-refractivity contribution in [3.63, 3.8) is 0 Å². The Morgan fingerprint density at radius 2 is 1.64 bits per heavy atom. The van der Waals surface area contributed by atoms with Crippen LogP contribution in [0.3, 0.4) is 0 Å². The van der Waals surface area contributed by atoms with Gasteiger partial charge in [-0.05, 0) is 61.3 Å². The number of hydrogen-bond acceptors (Lipinski definition) is 10. The first-order chi connectivity index (χ1) is 25.4. The SMILES string of the molecule is COC(=O)CC(C(=O)N1CCCC1c1nc2ccc(-c3coc(C(=O)c4cnc(C5CCCN5C(=O)C(NC(=O)CO)C(C)C)[nH]4)c3)cc2[nH]1)C(C)C. The van der Waals surface area contributed by atoms with Crippen molar-refractivity contribution in [2.75, 3.05) is 26.8 Å². The lowest BCUT2D eigenvalue weighted by molar-refractivity contribution is -0.148. The molecule has 0 saturated carbocycles. The monoisotopic (exact) mass is 729 g/mol. The Morgan fingerprint density at radius 3 is 2.30 bits per heavy atom. The Kier molecular flexibility index (Phi) is 11.1. The van der Waals surface area contributed by atoms with Crippen molar-refractivity contribution in [1.29, 1.82) is 0 Å². The van der Waals surface area contributed by atoms with Gasteiger partial charge in [-0.2, -0.15) is 0 Å². The zero-order chi connectivity index (χ0) is 38.0. The van der Waals surface area contributed by atoms with Gasteiger partial charge in [0, 0.05) is 18.7 Å². The van der Waals surface area contributed by atoms with Gasteiger partial charge in [0.05, 0.1) is 55.0 Å². The Morgan fingerprint density at radius 1 is 0.943 bits per heavy atom. The third kappa shape index (κ3) is 7.75. The molecule has 0 aliphatic carbocycles. The highest BCUT2D eigenvalue weighted by Gasteiger charge is 2.39. The summed E-state index contributed by atoms with van der Waals surface area (Å²) in [6.07, 6.45) is 5.92. The molecule has 2 aliphatic heterocycles. The number of aromatic nitrogens is 4. The van der Waals surface area contributed by atoms with Crippen molar-refractivity contribution < 1.29 is 38.2 Å². The number of aromatic amines is 2. The number of imidazole rings is 2. The lowest BCUT2D eigenvalue weighted by Crippen LogP contribution is -2.51. The lowest BCUT2D eigenvalue weighted by Gasteiger charge is -2.30. The van der Waals surface area contributed by atoms with E-state index in [1.807, 2.05) is 50.8 Å². The van der Waals surface area contributed by atoms with Crippen molar-refractivity contribution in [2.45, 2.75) is 77.9 Å². The number of carbonyl (C=O) groups excluding carboxylic acids is 5. The molecule has 1 aromatic carbocycles. The van der Waals surface area contributed by atoms with Crippen molar-refractivity contribution in [3.05, 3.63) is 59.8 Å². The molecule has 4 atom stereocenters. The molecule has 3 aromatic heterocycles. The lowest BCUT2D eigenvalue weighted by atomic mass is 9.91. The van der Waals surface area contributed by atoms with E-state index in [1.54, 1.807) is 11.0 Å². The van der Waals surface area contributed by atoms with E-state index in [4.69, 9.17) is 14.1 Å². The number of benzene rings is 1. The fourth-order valence-electron chi connectivity index (χ4n) is 7.35. The van der Waals surface area contributed by atoms with Crippen LogP contribution in [0.15, 0.2) is 41.1 Å². The van der Waals surface area contributed by atoms with Crippen molar-refractivity contribution >= 4 is 40.5 Å². The molecule has 15 heteroatoms. The Bertz CT molecular complexity index is 1990. The highest BCUT2D eigenvalue weighted by Crippen LogP contribution is 2.36. The fraction of sp³-hybridized carbons (Fsp3) is 0.500. The Hall–Kier alpha value is -5.31. The third-order valence-electron chi connectivity index (χ3n) is 10.3. The summed E-state index contributed by atoms with van der Waals surface area (Å²) in [5, 5.41) is 11.8. The second-order valence-corrected chi connectivity index (χ2v) is 14.5. The average molecular weight is 730 g/mol. The van der Waals surface area contributed by atoms with Crippen LogP contribution in [-0.2, 0) is 23.9 Å². The normalized spacial score (nSPS) is 18.6. The van der Waals surface area contributed by atoms with Crippen LogP contribution in [0.1, 0.15) is 99.8 Å². The summed E-state index contributed by atoms with van der Waals surface area (Å²) in [6, 6.07) is 5.91. The van der Waals surface area contributed by atoms with Gasteiger partial charge in [0.2, 0.25) is 23.5 Å². The average Bonchev–Trinajstić information content (AvgIpc) is 3.99. The predicted molar refractivity (Wildman–Crippen MR) is 192 cm³/mol. The number of aliphatic hydroxyl groups is 1. The summed E-state index contributed by atoms with van der Waals surface area (Å²) in [5.41, 5.74) is 3.20. The number of methoxy groups -OCH3 is 1. The van der Waals surface area contributed by atoms with Gasteiger partial charge in [-0.1, -0.05) is 33.8 Å². The molecular formula is C38H47N7O8. The van der Waals surface area contributed by atoms with Crippen LogP contribution in [0.4, 0.5) is 0 Å². The zero-order valence-corrected chi connectivity index (χ0v) is 30.7. The largest absolute Gasteiger partial charge is 0.469 e. The smallest absolute Gasteiger partial charge is 0.306 e. The number of furan rings is 1. The van der Waals surface area contributed by atoms with Gasteiger partial charge in [-0.3, -0.25) is 24.0 Å². The number of H-pyrrole nitrogens is 2. The van der Waals surface area contributed by atoms with E-state index < -0.39 is 42.3 Å². The first kappa shape index (κ1) is 37.4. The minimum Gasteiger partial charge on any atom is -0.469 e. The standard InChI is InChI=1S/C38H47N7O8/c1-20(2)24(16-32(48)52-5)37(50)44-12-7-9-29(44)36-40-25-11-10-22(14-26(25)41-36)23-15-30(53-19-23)34(49)27-17-39-35(42-27)28-8-6-13-45(28)38(51)33(21(3)4)43-31(47)18-46/h10-11,14-15,17,19-21,24,28-29,33,46H,6-9,12-13,16,18H2,1-5H3,(H,39,42)(H,40,41)(H,43,47). The molecule has 6 rings (SSSR count). The van der Waals surface area contributed by atoms with E-state index in [0.717, 1.165) is 35.9 Å². The molecule has 15 nitrogen and oxygen atoms in total. The summed E-state index contributed by atoms with van der Waals surface area (Å²) in [5.74, 6) is -1.23. The van der Waals surface area contributed by atoms with Crippen LogP contribution < -0.4 is 5.32 Å². The minimum absolute atomic E-state index is 0.0319. The molecular weight excluding hydrogens is 682 g/mol. The van der Waals surface area contributed by atoms with Crippen LogP contribution in [-0.4, -0.2) is 97.2 Å². The van der Waals surface area contributed by atoms with Crippen LogP contribution in [0, 0.1) is 17.8 Å². The number of amides is 3. The predicted octanol–water partition coefficient (Wildman–Crippen LogP) is 4.07. The van der Waals surface area contributed by atoms with Crippen LogP contribution in [0.2, 0.25) is 0 Å². The number of ketones is 1. The number of nitrogens with zero attached hydrogens (tertiary/aromatic N) is 4. The molecule has 5 heterocycles. The highest BCUT2D eigenvalue weighted by molar-refractivity contribution is 6.06. The van der Waals surface area contributed by atoms with Crippen molar-refractivity contribution in [3.8, 4) is 11.1 Å². The maximum absolute atomic E-state index is 13.6. The molecule has 4 aromatic rings. The number of hydrogen-bond donors (Lipinski definition) is 4. The Balaban J connectivity index is 1.16. The molecule has 2 saturated heterocycles. The van der Waals surface area contributed by atoms with Crippen LogP contribution in [0.25, 0.3) is 22.2 Å². The van der Waals surface area contributed by atoms with Gasteiger partial charge in [0.15, 0.2) is 5.76 Å². The number of carbonyl (C=O) groups is 5. The molecule has 2 aliphatic rings. The number of rotatable bonds is 13. The van der Waals surface area contributed by atoms with E-state index in [9.17, 15) is 29.1 Å². The fourth-order valence-corrected chi connectivity index (χ4v) is 7.35. The van der Waals surface area contributed by atoms with Gasteiger partial charge in [-0.25, -0.2) is 9.97 Å². The summed E-state index contributed by atoms with van der Waals surface area (Å²) in [6.45, 7) is 7.86. The number of ether oxygens (including phenoxy) is 1. The molecule has 4 N–H and O–H groups in total. The first-order valence-electron chi connectivity index (χ1n) is 18.2. The van der Waals surface area contributed by atoms with Crippen molar-refractivity contribution in [2.24, 2.45) is 17.8 Å². The van der Waals surface area contributed by atoms with E-state index in [0.29, 0.717) is 36.7 Å². The quantitative estimate of drug-likeness (QED) is 0.115. The van der Waals surface area contributed by atoms with Gasteiger partial charge < -0.3 is 39.3 Å². The second-order valence-electron chi connectivity index (χ2n) is 14.5. The van der Waals surface area contributed by atoms with Crippen LogP contribution in [0.5, 0.6) is 0 Å². The number of likely N-dealkylation sites (tertiary alicyclic amines) is 2. The molecule has 2 fully saturated rings. The topological polar surface area (TPSA) is 204 Å². The molecule has 0 radical (unpaired) electrons. The summed E-state index contributed by atoms with van der Waals surface area (Å²) in [7, 11) is 1.33. The minimum atomic E-state index is -0.802. The molecule has 282 valence electrons. The van der Waals surface area contributed by atoms with Gasteiger partial charge >= 0.3 is 5.97 Å². The number of aliphatic hydroxyl groups excluding tert-OH is 1. The molecule has 3 amide bonds. The summed E-state index contributed by atoms with van der Waals surface area (Å²) >= 11 is 0. The third-order valence-corrected chi connectivity index (χ3v) is 10.3. The molecule has 0 bridgehead atoms. The van der Waals surface area contributed by atoms with E-state index in [2.05, 4.69) is 20.3 Å². The van der Waals surface area contributed by atoms with Crippen molar-refractivity contribution in [1.82, 2.24) is 35.1 Å². The first-order valence-corrected chi connectivity index (χ1v) is 18.2.